The maximum absolute atomic E-state index is 12.9. The molecule has 2 heterocycles. The number of morpholine rings is 1. The number of nitrogens with one attached hydrogen (secondary N) is 1. The van der Waals surface area contributed by atoms with Crippen LogP contribution in [0, 0.1) is 6.92 Å². The molecule has 0 aromatic heterocycles. The number of carbonyl (C=O) groups excluding carboxylic acids is 1. The average Bonchev–Trinajstić information content (AvgIpc) is 3.28. The molecule has 25 heavy (non-hydrogen) atoms. The number of ether oxygens (including phenoxy) is 1. The Balaban J connectivity index is 1.46. The van der Waals surface area contributed by atoms with E-state index in [2.05, 4.69) is 41.4 Å². The first-order valence-corrected chi connectivity index (χ1v) is 9.38. The van der Waals surface area contributed by atoms with E-state index in [0.29, 0.717) is 0 Å². The SMILES string of the molecule is Cc1cc(N2CCOCC2)ccc1NC(=O)N1CC=CC12CCCC2. The Morgan fingerprint density at radius 2 is 1.96 bits per heavy atom. The lowest BCUT2D eigenvalue weighted by molar-refractivity contribution is 0.122. The molecule has 2 aliphatic heterocycles. The molecule has 0 unspecified atom stereocenters. The third-order valence-corrected chi connectivity index (χ3v) is 5.80. The van der Waals surface area contributed by atoms with E-state index < -0.39 is 0 Å². The van der Waals surface area contributed by atoms with Crippen molar-refractivity contribution in [2.45, 2.75) is 38.1 Å². The molecule has 1 aliphatic carbocycles. The number of rotatable bonds is 2. The molecule has 5 heteroatoms. The molecule has 2 amide bonds. The fraction of sp³-hybridized carbons (Fsp3) is 0.550. The third-order valence-electron chi connectivity index (χ3n) is 5.80. The Labute approximate surface area is 149 Å². The summed E-state index contributed by atoms with van der Waals surface area (Å²) in [6.45, 7) is 6.19. The molecule has 1 saturated heterocycles. The molecule has 2 fully saturated rings. The monoisotopic (exact) mass is 341 g/mol. The van der Waals surface area contributed by atoms with E-state index in [1.165, 1.54) is 18.5 Å². The summed E-state index contributed by atoms with van der Waals surface area (Å²) in [7, 11) is 0. The van der Waals surface area contributed by atoms with Gasteiger partial charge in [-0.2, -0.15) is 0 Å². The summed E-state index contributed by atoms with van der Waals surface area (Å²) in [5.41, 5.74) is 3.17. The fourth-order valence-corrected chi connectivity index (χ4v) is 4.35. The second-order valence-electron chi connectivity index (χ2n) is 7.35. The van der Waals surface area contributed by atoms with Crippen molar-refractivity contribution in [2.24, 2.45) is 0 Å². The smallest absolute Gasteiger partial charge is 0.322 e. The Morgan fingerprint density at radius 3 is 2.68 bits per heavy atom. The van der Waals surface area contributed by atoms with Gasteiger partial charge in [0.05, 0.1) is 18.8 Å². The largest absolute Gasteiger partial charge is 0.378 e. The van der Waals surface area contributed by atoms with E-state index >= 15 is 0 Å². The van der Waals surface area contributed by atoms with Crippen LogP contribution in [0.5, 0.6) is 0 Å². The number of aryl methyl sites for hydroxylation is 1. The summed E-state index contributed by atoms with van der Waals surface area (Å²) < 4.78 is 5.42. The zero-order valence-electron chi connectivity index (χ0n) is 15.0. The van der Waals surface area contributed by atoms with Gasteiger partial charge in [-0.1, -0.05) is 25.0 Å². The molecule has 0 bridgehead atoms. The van der Waals surface area contributed by atoms with Crippen LogP contribution in [-0.2, 0) is 4.74 Å². The molecule has 1 N–H and O–H groups in total. The van der Waals surface area contributed by atoms with Gasteiger partial charge in [0.2, 0.25) is 0 Å². The van der Waals surface area contributed by atoms with Gasteiger partial charge in [-0.05, 0) is 43.5 Å². The molecule has 1 aromatic rings. The first kappa shape index (κ1) is 16.5. The predicted octanol–water partition coefficient (Wildman–Crippen LogP) is 3.55. The number of amides is 2. The van der Waals surface area contributed by atoms with Crippen molar-refractivity contribution in [2.75, 3.05) is 43.1 Å². The van der Waals surface area contributed by atoms with Crippen molar-refractivity contribution in [1.29, 1.82) is 0 Å². The number of nitrogens with zero attached hydrogens (tertiary/aromatic N) is 2. The number of urea groups is 1. The molecule has 3 aliphatic rings. The summed E-state index contributed by atoms with van der Waals surface area (Å²) in [6, 6.07) is 6.31. The zero-order chi connectivity index (χ0) is 17.3. The van der Waals surface area contributed by atoms with Crippen LogP contribution in [0.2, 0.25) is 0 Å². The van der Waals surface area contributed by atoms with Crippen molar-refractivity contribution in [1.82, 2.24) is 4.90 Å². The van der Waals surface area contributed by atoms with Crippen LogP contribution in [0.4, 0.5) is 16.2 Å². The summed E-state index contributed by atoms with van der Waals surface area (Å²) in [6.07, 6.45) is 8.98. The highest BCUT2D eigenvalue weighted by atomic mass is 16.5. The van der Waals surface area contributed by atoms with Crippen molar-refractivity contribution in [3.63, 3.8) is 0 Å². The lowest BCUT2D eigenvalue weighted by atomic mass is 9.98. The van der Waals surface area contributed by atoms with Gasteiger partial charge in [0, 0.05) is 31.0 Å². The van der Waals surface area contributed by atoms with Crippen molar-refractivity contribution < 1.29 is 9.53 Å². The molecule has 5 nitrogen and oxygen atoms in total. The Hall–Kier alpha value is -2.01. The molecular weight excluding hydrogens is 314 g/mol. The highest BCUT2D eigenvalue weighted by molar-refractivity contribution is 5.91. The normalized spacial score (nSPS) is 22.0. The predicted molar refractivity (Wildman–Crippen MR) is 100 cm³/mol. The van der Waals surface area contributed by atoms with Crippen molar-refractivity contribution in [3.05, 3.63) is 35.9 Å². The minimum Gasteiger partial charge on any atom is -0.378 e. The quantitative estimate of drug-likeness (QED) is 0.837. The minimum absolute atomic E-state index is 0.0223. The second kappa shape index (κ2) is 6.71. The van der Waals surface area contributed by atoms with E-state index in [-0.39, 0.29) is 11.6 Å². The van der Waals surface area contributed by atoms with E-state index in [1.54, 1.807) is 0 Å². The number of hydrogen-bond donors (Lipinski definition) is 1. The van der Waals surface area contributed by atoms with E-state index in [4.69, 9.17) is 4.74 Å². The summed E-state index contributed by atoms with van der Waals surface area (Å²) in [4.78, 5) is 17.2. The number of carbonyl (C=O) groups is 1. The van der Waals surface area contributed by atoms with Crippen LogP contribution >= 0.6 is 0 Å². The second-order valence-corrected chi connectivity index (χ2v) is 7.35. The van der Waals surface area contributed by atoms with Gasteiger partial charge in [0.25, 0.3) is 0 Å². The number of benzene rings is 1. The van der Waals surface area contributed by atoms with Crippen LogP contribution in [-0.4, -0.2) is 49.3 Å². The van der Waals surface area contributed by atoms with Crippen molar-refractivity contribution in [3.8, 4) is 0 Å². The van der Waals surface area contributed by atoms with Gasteiger partial charge in [-0.15, -0.1) is 0 Å². The maximum Gasteiger partial charge on any atom is 0.322 e. The standard InChI is InChI=1S/C20H27N3O2/c1-16-15-17(22-11-13-25-14-12-22)5-6-18(16)21-19(24)23-10-4-9-20(23)7-2-3-8-20/h4-6,9,15H,2-3,7-8,10-14H2,1H3,(H,21,24). The average molecular weight is 341 g/mol. The van der Waals surface area contributed by atoms with Crippen LogP contribution < -0.4 is 10.2 Å². The number of hydrogen-bond acceptors (Lipinski definition) is 3. The molecule has 1 saturated carbocycles. The van der Waals surface area contributed by atoms with Crippen LogP contribution in [0.3, 0.4) is 0 Å². The molecule has 0 radical (unpaired) electrons. The number of anilines is 2. The van der Waals surface area contributed by atoms with Crippen LogP contribution in [0.1, 0.15) is 31.2 Å². The molecule has 0 atom stereocenters. The molecule has 1 aromatic carbocycles. The molecule has 1 spiro atoms. The molecule has 4 rings (SSSR count). The maximum atomic E-state index is 12.9. The van der Waals surface area contributed by atoms with Crippen molar-refractivity contribution >= 4 is 17.4 Å². The van der Waals surface area contributed by atoms with E-state index in [1.807, 2.05) is 11.0 Å². The topological polar surface area (TPSA) is 44.8 Å². The van der Waals surface area contributed by atoms with Gasteiger partial charge < -0.3 is 19.9 Å². The summed E-state index contributed by atoms with van der Waals surface area (Å²) >= 11 is 0. The Bertz CT molecular complexity index is 674. The summed E-state index contributed by atoms with van der Waals surface area (Å²) in [5.74, 6) is 0. The van der Waals surface area contributed by atoms with Crippen LogP contribution in [0.15, 0.2) is 30.4 Å². The van der Waals surface area contributed by atoms with Gasteiger partial charge in [-0.3, -0.25) is 0 Å². The molecular formula is C20H27N3O2. The highest BCUT2D eigenvalue weighted by Gasteiger charge is 2.42. The lowest BCUT2D eigenvalue weighted by Crippen LogP contribution is -2.47. The van der Waals surface area contributed by atoms with E-state index in [9.17, 15) is 4.79 Å². The third kappa shape index (κ3) is 3.13. The van der Waals surface area contributed by atoms with Gasteiger partial charge in [-0.25, -0.2) is 4.79 Å². The van der Waals surface area contributed by atoms with Crippen LogP contribution in [0.25, 0.3) is 0 Å². The fourth-order valence-electron chi connectivity index (χ4n) is 4.35. The highest BCUT2D eigenvalue weighted by Crippen LogP contribution is 2.39. The first-order chi connectivity index (χ1) is 12.2. The van der Waals surface area contributed by atoms with Gasteiger partial charge in [0.15, 0.2) is 0 Å². The Kier molecular flexibility index (Phi) is 4.42. The van der Waals surface area contributed by atoms with Gasteiger partial charge in [0.1, 0.15) is 0 Å². The molecule has 134 valence electrons. The summed E-state index contributed by atoms with van der Waals surface area (Å²) in [5, 5.41) is 3.14. The zero-order valence-corrected chi connectivity index (χ0v) is 15.0. The van der Waals surface area contributed by atoms with Gasteiger partial charge >= 0.3 is 6.03 Å². The Morgan fingerprint density at radius 1 is 1.20 bits per heavy atom. The first-order valence-electron chi connectivity index (χ1n) is 9.38. The lowest BCUT2D eigenvalue weighted by Gasteiger charge is -2.34. The minimum atomic E-state index is -0.0360. The van der Waals surface area contributed by atoms with E-state index in [0.717, 1.165) is 56.9 Å².